The Labute approximate surface area is 115 Å². The van der Waals surface area contributed by atoms with E-state index in [1.165, 1.54) is 6.07 Å². The number of nitrogens with two attached hydrogens (primary N) is 1. The third-order valence-electron chi connectivity index (χ3n) is 2.43. The minimum absolute atomic E-state index is 0.0967. The van der Waals surface area contributed by atoms with Crippen LogP contribution in [0.3, 0.4) is 0 Å². The van der Waals surface area contributed by atoms with Gasteiger partial charge in [-0.1, -0.05) is 5.21 Å². The summed E-state index contributed by atoms with van der Waals surface area (Å²) < 4.78 is 13.5. The van der Waals surface area contributed by atoms with E-state index < -0.39 is 17.8 Å². The summed E-state index contributed by atoms with van der Waals surface area (Å²) in [4.78, 5) is 12.0. The van der Waals surface area contributed by atoms with Crippen LogP contribution in [0.4, 0.5) is 10.1 Å². The van der Waals surface area contributed by atoms with Gasteiger partial charge in [0.25, 0.3) is 5.91 Å². The van der Waals surface area contributed by atoms with Crippen molar-refractivity contribution in [3.8, 4) is 0 Å². The Hall–Kier alpha value is -2.03. The molecule has 1 heterocycles. The third-order valence-corrected chi connectivity index (χ3v) is 3.08. The number of amides is 1. The number of carbonyl (C=O) groups excluding carboxylic acids is 1. The fourth-order valence-corrected chi connectivity index (χ4v) is 1.93. The highest BCUT2D eigenvalue weighted by Gasteiger charge is 2.18. The van der Waals surface area contributed by atoms with Gasteiger partial charge in [-0.3, -0.25) is 4.79 Å². The first-order valence-corrected chi connectivity index (χ1v) is 6.07. The van der Waals surface area contributed by atoms with Crippen molar-refractivity contribution in [2.24, 2.45) is 0 Å². The summed E-state index contributed by atoms with van der Waals surface area (Å²) in [6.45, 7) is 1.70. The molecule has 1 unspecified atom stereocenters. The second-order valence-corrected chi connectivity index (χ2v) is 4.67. The molecule has 2 aromatic rings. The normalized spacial score (nSPS) is 12.2. The van der Waals surface area contributed by atoms with Gasteiger partial charge in [-0.05, 0) is 35.0 Å². The molecule has 7 nitrogen and oxygen atoms in total. The monoisotopic (exact) mass is 328 g/mol. The summed E-state index contributed by atoms with van der Waals surface area (Å²) in [6, 6.07) is 1.96. The van der Waals surface area contributed by atoms with Crippen LogP contribution >= 0.6 is 15.9 Å². The molecule has 9 heteroatoms. The van der Waals surface area contributed by atoms with Crippen molar-refractivity contribution in [1.82, 2.24) is 25.9 Å². The van der Waals surface area contributed by atoms with Crippen molar-refractivity contribution in [2.75, 3.05) is 5.73 Å². The zero-order valence-electron chi connectivity index (χ0n) is 9.82. The molecule has 100 valence electrons. The van der Waals surface area contributed by atoms with E-state index in [0.717, 1.165) is 6.07 Å². The Balaban J connectivity index is 2.19. The van der Waals surface area contributed by atoms with Gasteiger partial charge in [0.15, 0.2) is 5.82 Å². The van der Waals surface area contributed by atoms with Gasteiger partial charge in [-0.2, -0.15) is 5.21 Å². The number of nitrogen functional groups attached to an aromatic ring is 1. The van der Waals surface area contributed by atoms with E-state index in [1.54, 1.807) is 6.92 Å². The molecule has 0 saturated heterocycles. The van der Waals surface area contributed by atoms with Crippen molar-refractivity contribution in [1.29, 1.82) is 0 Å². The number of rotatable bonds is 3. The van der Waals surface area contributed by atoms with Crippen molar-refractivity contribution in [3.63, 3.8) is 0 Å². The lowest BCUT2D eigenvalue weighted by atomic mass is 10.1. The number of hydrogen-bond donors (Lipinski definition) is 3. The number of benzene rings is 1. The highest BCUT2D eigenvalue weighted by Crippen LogP contribution is 2.23. The molecule has 2 rings (SSSR count). The predicted molar refractivity (Wildman–Crippen MR) is 68.6 cm³/mol. The predicted octanol–water partition coefficient (Wildman–Crippen LogP) is 1.17. The van der Waals surface area contributed by atoms with Crippen LogP contribution in [0.1, 0.15) is 29.1 Å². The number of aromatic amines is 1. The number of aromatic nitrogens is 4. The number of nitrogens with zero attached hydrogens (tertiary/aromatic N) is 3. The summed E-state index contributed by atoms with van der Waals surface area (Å²) in [5.74, 6) is -0.662. The van der Waals surface area contributed by atoms with Gasteiger partial charge in [0.2, 0.25) is 0 Å². The summed E-state index contributed by atoms with van der Waals surface area (Å²) >= 11 is 3.11. The second kappa shape index (κ2) is 5.31. The number of anilines is 1. The van der Waals surface area contributed by atoms with E-state index in [2.05, 4.69) is 41.9 Å². The van der Waals surface area contributed by atoms with Gasteiger partial charge in [-0.15, -0.1) is 10.2 Å². The molecule has 1 aromatic carbocycles. The Morgan fingerprint density at radius 2 is 2.32 bits per heavy atom. The van der Waals surface area contributed by atoms with Gasteiger partial charge in [0.05, 0.1) is 17.3 Å². The van der Waals surface area contributed by atoms with Crippen molar-refractivity contribution < 1.29 is 9.18 Å². The number of halogens is 2. The van der Waals surface area contributed by atoms with E-state index in [0.29, 0.717) is 10.3 Å². The van der Waals surface area contributed by atoms with Crippen molar-refractivity contribution in [2.45, 2.75) is 13.0 Å². The van der Waals surface area contributed by atoms with Crippen LogP contribution in [0.5, 0.6) is 0 Å². The van der Waals surface area contributed by atoms with Crippen LogP contribution in [0.2, 0.25) is 0 Å². The Bertz CT molecular complexity index is 602. The number of hydrogen-bond acceptors (Lipinski definition) is 5. The van der Waals surface area contributed by atoms with Crippen LogP contribution in [0, 0.1) is 5.82 Å². The smallest absolute Gasteiger partial charge is 0.253 e. The Morgan fingerprint density at radius 1 is 1.58 bits per heavy atom. The van der Waals surface area contributed by atoms with Crippen LogP contribution < -0.4 is 11.1 Å². The summed E-state index contributed by atoms with van der Waals surface area (Å²) in [5.41, 5.74) is 5.57. The largest absolute Gasteiger partial charge is 0.396 e. The molecule has 0 bridgehead atoms. The minimum Gasteiger partial charge on any atom is -0.396 e. The maximum absolute atomic E-state index is 13.2. The fourth-order valence-electron chi connectivity index (χ4n) is 1.43. The molecule has 1 aromatic heterocycles. The Morgan fingerprint density at radius 3 is 2.95 bits per heavy atom. The molecular weight excluding hydrogens is 319 g/mol. The second-order valence-electron chi connectivity index (χ2n) is 3.82. The maximum atomic E-state index is 13.2. The van der Waals surface area contributed by atoms with E-state index in [1.807, 2.05) is 0 Å². The lowest BCUT2D eigenvalue weighted by Gasteiger charge is -2.11. The maximum Gasteiger partial charge on any atom is 0.253 e. The molecule has 0 aliphatic rings. The highest BCUT2D eigenvalue weighted by atomic mass is 79.9. The average molecular weight is 329 g/mol. The molecule has 19 heavy (non-hydrogen) atoms. The quantitative estimate of drug-likeness (QED) is 0.733. The molecule has 0 spiro atoms. The third kappa shape index (κ3) is 2.87. The molecule has 0 aliphatic heterocycles. The van der Waals surface area contributed by atoms with Gasteiger partial charge in [-0.25, -0.2) is 4.39 Å². The molecule has 0 saturated carbocycles. The van der Waals surface area contributed by atoms with Crippen LogP contribution in [0.25, 0.3) is 0 Å². The van der Waals surface area contributed by atoms with E-state index in [9.17, 15) is 9.18 Å². The zero-order valence-corrected chi connectivity index (χ0v) is 11.4. The highest BCUT2D eigenvalue weighted by molar-refractivity contribution is 9.10. The molecule has 4 N–H and O–H groups in total. The van der Waals surface area contributed by atoms with E-state index in [4.69, 9.17) is 5.73 Å². The van der Waals surface area contributed by atoms with E-state index >= 15 is 0 Å². The van der Waals surface area contributed by atoms with Crippen LogP contribution in [-0.4, -0.2) is 26.5 Å². The Kier molecular flexibility index (Phi) is 3.74. The van der Waals surface area contributed by atoms with Gasteiger partial charge < -0.3 is 11.1 Å². The SMILES string of the molecule is CC(NC(=O)c1cc(N)c(F)cc1Br)c1nn[nH]n1. The van der Waals surface area contributed by atoms with Crippen LogP contribution in [-0.2, 0) is 0 Å². The zero-order chi connectivity index (χ0) is 14.0. The fraction of sp³-hybridized carbons (Fsp3) is 0.200. The molecule has 1 amide bonds. The molecule has 1 atom stereocenters. The summed E-state index contributed by atoms with van der Waals surface area (Å²) in [5, 5.41) is 15.9. The van der Waals surface area contributed by atoms with Crippen molar-refractivity contribution >= 4 is 27.5 Å². The molecular formula is C10H10BrFN6O. The van der Waals surface area contributed by atoms with Gasteiger partial charge >= 0.3 is 0 Å². The van der Waals surface area contributed by atoms with Gasteiger partial charge in [0, 0.05) is 4.47 Å². The standard InChI is InChI=1S/C10H10BrFN6O/c1-4(9-15-17-18-16-9)14-10(19)5-2-8(13)7(12)3-6(5)11/h2-4H,13H2,1H3,(H,14,19)(H,15,16,17,18). The lowest BCUT2D eigenvalue weighted by molar-refractivity contribution is 0.0937. The van der Waals surface area contributed by atoms with E-state index in [-0.39, 0.29) is 11.3 Å². The number of H-pyrrole nitrogens is 1. The molecule has 0 radical (unpaired) electrons. The first-order chi connectivity index (χ1) is 8.99. The summed E-state index contributed by atoms with van der Waals surface area (Å²) in [6.07, 6.45) is 0. The molecule has 0 aliphatic carbocycles. The van der Waals surface area contributed by atoms with Crippen molar-refractivity contribution in [3.05, 3.63) is 33.8 Å². The topological polar surface area (TPSA) is 110 Å². The number of tetrazole rings is 1. The lowest BCUT2D eigenvalue weighted by Crippen LogP contribution is -2.28. The first-order valence-electron chi connectivity index (χ1n) is 5.27. The summed E-state index contributed by atoms with van der Waals surface area (Å²) in [7, 11) is 0. The molecule has 0 fully saturated rings. The van der Waals surface area contributed by atoms with Gasteiger partial charge in [0.1, 0.15) is 5.82 Å². The number of nitrogens with one attached hydrogen (secondary N) is 2. The average Bonchev–Trinajstić information content (AvgIpc) is 2.87. The van der Waals surface area contributed by atoms with Crippen LogP contribution in [0.15, 0.2) is 16.6 Å². The first kappa shape index (κ1) is 13.4. The minimum atomic E-state index is -0.588. The number of carbonyl (C=O) groups is 1.